The van der Waals surface area contributed by atoms with E-state index in [1.165, 1.54) is 0 Å². The molecule has 1 amide bonds. The molecule has 0 radical (unpaired) electrons. The predicted molar refractivity (Wildman–Crippen MR) is 148 cm³/mol. The average Bonchev–Trinajstić information content (AvgIpc) is 2.96. The number of nitrogens with zero attached hydrogens (tertiary/aromatic N) is 2. The van der Waals surface area contributed by atoms with Crippen LogP contribution in [0.25, 0.3) is 11.1 Å². The predicted octanol–water partition coefficient (Wildman–Crippen LogP) is 3.92. The Balaban J connectivity index is 1.30. The molecule has 1 unspecified atom stereocenters. The summed E-state index contributed by atoms with van der Waals surface area (Å²) in [4.78, 5) is 15.2. The van der Waals surface area contributed by atoms with Crippen LogP contribution in [0.1, 0.15) is 24.0 Å². The maximum atomic E-state index is 13.5. The molecule has 1 fully saturated rings. The van der Waals surface area contributed by atoms with Crippen LogP contribution in [-0.4, -0.2) is 59.7 Å². The van der Waals surface area contributed by atoms with E-state index < -0.39 is 21.5 Å². The molecule has 7 nitrogen and oxygen atoms in total. The van der Waals surface area contributed by atoms with Gasteiger partial charge in [-0.15, -0.1) is 0 Å². The van der Waals surface area contributed by atoms with Crippen molar-refractivity contribution in [1.82, 2.24) is 4.90 Å². The first-order valence-electron chi connectivity index (χ1n) is 12.7. The van der Waals surface area contributed by atoms with Crippen molar-refractivity contribution in [2.75, 3.05) is 40.0 Å². The molecule has 3 aromatic rings. The molecule has 8 heteroatoms. The standard InChI is InChI=1S/C30H33N3O4S/c1-36-21-19-33-17-15-30(16-18-33,29(32)34)38(35)28-12-10-27(11-13-28)37-20-14-23-2-6-25(7-3-23)26-8-4-24(22-31)5-9-26/h2-13H,14-21H2,1H3,(H2,32,34). The number of amides is 1. The van der Waals surface area contributed by atoms with Gasteiger partial charge in [0.15, 0.2) is 0 Å². The summed E-state index contributed by atoms with van der Waals surface area (Å²) in [5.74, 6) is 0.176. The van der Waals surface area contributed by atoms with E-state index in [-0.39, 0.29) is 0 Å². The van der Waals surface area contributed by atoms with Gasteiger partial charge in [-0.3, -0.25) is 9.00 Å². The van der Waals surface area contributed by atoms with E-state index >= 15 is 0 Å². The number of rotatable bonds is 11. The van der Waals surface area contributed by atoms with Crippen LogP contribution in [0.4, 0.5) is 0 Å². The number of hydrogen-bond acceptors (Lipinski definition) is 6. The molecule has 1 saturated heterocycles. The summed E-state index contributed by atoms with van der Waals surface area (Å²) in [6.45, 7) is 3.23. The summed E-state index contributed by atoms with van der Waals surface area (Å²) in [6.07, 6.45) is 1.66. The minimum absolute atomic E-state index is 0.459. The van der Waals surface area contributed by atoms with Gasteiger partial charge in [0.1, 0.15) is 10.5 Å². The molecule has 4 rings (SSSR count). The summed E-state index contributed by atoms with van der Waals surface area (Å²) >= 11 is 0. The SMILES string of the molecule is COCCN1CCC(C(N)=O)(S(=O)c2ccc(OCCc3ccc(-c4ccc(C#N)cc4)cc3)cc2)CC1. The van der Waals surface area contributed by atoms with E-state index in [4.69, 9.17) is 20.5 Å². The lowest BCUT2D eigenvalue weighted by Gasteiger charge is -2.38. The zero-order valence-corrected chi connectivity index (χ0v) is 22.4. The Morgan fingerprint density at radius 1 is 0.974 bits per heavy atom. The lowest BCUT2D eigenvalue weighted by Crippen LogP contribution is -2.55. The third-order valence-corrected chi connectivity index (χ3v) is 9.10. The summed E-state index contributed by atoms with van der Waals surface area (Å²) in [5.41, 5.74) is 9.74. The molecule has 0 bridgehead atoms. The molecule has 1 aliphatic heterocycles. The van der Waals surface area contributed by atoms with Crippen LogP contribution in [0.5, 0.6) is 5.75 Å². The molecule has 0 aromatic heterocycles. The molecule has 1 aliphatic rings. The number of benzene rings is 3. The van der Waals surface area contributed by atoms with E-state index in [0.29, 0.717) is 55.4 Å². The van der Waals surface area contributed by atoms with Gasteiger partial charge in [-0.2, -0.15) is 5.26 Å². The van der Waals surface area contributed by atoms with E-state index in [1.807, 2.05) is 24.3 Å². The van der Waals surface area contributed by atoms with Crippen LogP contribution < -0.4 is 10.5 Å². The van der Waals surface area contributed by atoms with Gasteiger partial charge >= 0.3 is 0 Å². The van der Waals surface area contributed by atoms with Crippen molar-refractivity contribution in [2.45, 2.75) is 28.9 Å². The van der Waals surface area contributed by atoms with Crippen molar-refractivity contribution in [3.05, 3.63) is 83.9 Å². The Hall–Kier alpha value is -3.51. The first-order chi connectivity index (χ1) is 18.4. The quantitative estimate of drug-likeness (QED) is 0.402. The highest BCUT2D eigenvalue weighted by Crippen LogP contribution is 2.33. The fourth-order valence-corrected chi connectivity index (χ4v) is 6.22. The highest BCUT2D eigenvalue weighted by atomic mass is 32.2. The van der Waals surface area contributed by atoms with E-state index in [0.717, 1.165) is 29.7 Å². The Labute approximate surface area is 226 Å². The zero-order valence-electron chi connectivity index (χ0n) is 21.6. The van der Waals surface area contributed by atoms with Gasteiger partial charge in [-0.1, -0.05) is 36.4 Å². The molecule has 1 atom stereocenters. The maximum absolute atomic E-state index is 13.5. The summed E-state index contributed by atoms with van der Waals surface area (Å²) in [6, 6.07) is 25.1. The number of hydrogen-bond donors (Lipinski definition) is 1. The maximum Gasteiger partial charge on any atom is 0.236 e. The highest BCUT2D eigenvalue weighted by Gasteiger charge is 2.46. The average molecular weight is 532 g/mol. The van der Waals surface area contributed by atoms with Crippen molar-refractivity contribution < 1.29 is 18.5 Å². The van der Waals surface area contributed by atoms with Gasteiger partial charge in [0, 0.05) is 38.1 Å². The third kappa shape index (κ3) is 6.48. The normalized spacial score (nSPS) is 15.9. The van der Waals surface area contributed by atoms with Crippen molar-refractivity contribution in [3.63, 3.8) is 0 Å². The largest absolute Gasteiger partial charge is 0.493 e. The number of carbonyl (C=O) groups excluding carboxylic acids is 1. The Kier molecular flexibility index (Phi) is 9.29. The van der Waals surface area contributed by atoms with E-state index in [9.17, 15) is 9.00 Å². The molecule has 1 heterocycles. The van der Waals surface area contributed by atoms with Crippen LogP contribution >= 0.6 is 0 Å². The lowest BCUT2D eigenvalue weighted by molar-refractivity contribution is -0.121. The molecular weight excluding hydrogens is 498 g/mol. The third-order valence-electron chi connectivity index (χ3n) is 7.08. The van der Waals surface area contributed by atoms with Gasteiger partial charge in [-0.05, 0) is 65.9 Å². The Morgan fingerprint density at radius 3 is 2.13 bits per heavy atom. The van der Waals surface area contributed by atoms with Crippen LogP contribution in [0.15, 0.2) is 77.7 Å². The van der Waals surface area contributed by atoms with Gasteiger partial charge in [0.05, 0.1) is 35.6 Å². The zero-order chi connectivity index (χ0) is 27.0. The first kappa shape index (κ1) is 27.5. The molecule has 0 aliphatic carbocycles. The first-order valence-corrected chi connectivity index (χ1v) is 13.9. The van der Waals surface area contributed by atoms with Crippen LogP contribution in [0, 0.1) is 11.3 Å². The number of methoxy groups -OCH3 is 1. The number of likely N-dealkylation sites (tertiary alicyclic amines) is 1. The number of ether oxygens (including phenoxy) is 2. The molecule has 198 valence electrons. The molecular formula is C30H33N3O4S. The minimum Gasteiger partial charge on any atom is -0.493 e. The van der Waals surface area contributed by atoms with Crippen molar-refractivity contribution >= 4 is 16.7 Å². The van der Waals surface area contributed by atoms with E-state index in [1.54, 1.807) is 31.4 Å². The summed E-state index contributed by atoms with van der Waals surface area (Å²) in [7, 11) is 0.117. The number of primary amides is 1. The smallest absolute Gasteiger partial charge is 0.236 e. The van der Waals surface area contributed by atoms with Gasteiger partial charge in [-0.25, -0.2) is 0 Å². The summed E-state index contributed by atoms with van der Waals surface area (Å²) in [5, 5.41) is 8.96. The molecule has 2 N–H and O–H groups in total. The second-order valence-electron chi connectivity index (χ2n) is 9.42. The Morgan fingerprint density at radius 2 is 1.58 bits per heavy atom. The fourth-order valence-electron chi connectivity index (χ4n) is 4.65. The van der Waals surface area contributed by atoms with Crippen molar-refractivity contribution in [2.24, 2.45) is 5.73 Å². The molecule has 38 heavy (non-hydrogen) atoms. The minimum atomic E-state index is -1.55. The molecule has 3 aromatic carbocycles. The molecule has 0 spiro atoms. The highest BCUT2D eigenvalue weighted by molar-refractivity contribution is 7.87. The topological polar surface area (TPSA) is 106 Å². The van der Waals surface area contributed by atoms with Crippen LogP contribution in [0.3, 0.4) is 0 Å². The van der Waals surface area contributed by atoms with Crippen LogP contribution in [0.2, 0.25) is 0 Å². The lowest BCUT2D eigenvalue weighted by atomic mass is 9.95. The molecule has 0 saturated carbocycles. The number of nitrogens with two attached hydrogens (primary N) is 1. The number of carbonyl (C=O) groups is 1. The van der Waals surface area contributed by atoms with Gasteiger partial charge in [0.25, 0.3) is 0 Å². The van der Waals surface area contributed by atoms with Crippen molar-refractivity contribution in [3.8, 4) is 22.9 Å². The van der Waals surface area contributed by atoms with Gasteiger partial charge < -0.3 is 20.1 Å². The fraction of sp³-hybridized carbons (Fsp3) is 0.333. The number of nitriles is 1. The van der Waals surface area contributed by atoms with Crippen LogP contribution in [-0.2, 0) is 26.8 Å². The number of piperidine rings is 1. The summed E-state index contributed by atoms with van der Waals surface area (Å²) < 4.78 is 23.5. The Bertz CT molecular complexity index is 1280. The second kappa shape index (κ2) is 12.8. The second-order valence-corrected chi connectivity index (χ2v) is 11.2. The monoisotopic (exact) mass is 531 g/mol. The van der Waals surface area contributed by atoms with E-state index in [2.05, 4.69) is 35.2 Å². The van der Waals surface area contributed by atoms with Gasteiger partial charge in [0.2, 0.25) is 5.91 Å². The van der Waals surface area contributed by atoms with Crippen molar-refractivity contribution in [1.29, 1.82) is 5.26 Å².